The summed E-state index contributed by atoms with van der Waals surface area (Å²) < 4.78 is 0. The predicted octanol–water partition coefficient (Wildman–Crippen LogP) is 3.10. The molecule has 7 nitrogen and oxygen atoms in total. The first kappa shape index (κ1) is 14.1. The Labute approximate surface area is 138 Å². The lowest BCUT2D eigenvalue weighted by atomic mass is 10.3. The number of nitrogens with zero attached hydrogens (tertiary/aromatic N) is 4. The summed E-state index contributed by atoms with van der Waals surface area (Å²) in [5, 5.41) is 6.46. The Bertz CT molecular complexity index is 916. The van der Waals surface area contributed by atoms with Crippen LogP contribution in [0.5, 0.6) is 0 Å². The summed E-state index contributed by atoms with van der Waals surface area (Å²) in [6.45, 7) is 0.556. The topological polar surface area (TPSA) is 91.4 Å². The van der Waals surface area contributed by atoms with E-state index in [-0.39, 0.29) is 0 Å². The molecule has 4 aromatic rings. The number of para-hydroxylation sites is 2. The Morgan fingerprint density at radius 3 is 2.67 bits per heavy atom. The summed E-state index contributed by atoms with van der Waals surface area (Å²) in [5.74, 6) is 2.30. The van der Waals surface area contributed by atoms with Crippen molar-refractivity contribution in [2.75, 3.05) is 10.6 Å². The number of hydrogen-bond acceptors (Lipinski definition) is 6. The highest BCUT2D eigenvalue weighted by atomic mass is 15.1. The van der Waals surface area contributed by atoms with Crippen LogP contribution >= 0.6 is 0 Å². The number of hydrogen-bond donors (Lipinski definition) is 3. The molecule has 3 heterocycles. The van der Waals surface area contributed by atoms with Gasteiger partial charge < -0.3 is 15.6 Å². The SMILES string of the molecule is c1ccc2[nH]c(CNc3cc(Nc4ccncc4)ncn3)nc2c1. The van der Waals surface area contributed by atoms with Gasteiger partial charge in [-0.25, -0.2) is 15.0 Å². The third-order valence-electron chi connectivity index (χ3n) is 3.50. The number of rotatable bonds is 5. The van der Waals surface area contributed by atoms with Gasteiger partial charge in [0.05, 0.1) is 17.6 Å². The number of benzene rings is 1. The van der Waals surface area contributed by atoms with Crippen molar-refractivity contribution in [3.8, 4) is 0 Å². The van der Waals surface area contributed by atoms with Crippen molar-refractivity contribution >= 4 is 28.4 Å². The van der Waals surface area contributed by atoms with E-state index in [4.69, 9.17) is 0 Å². The van der Waals surface area contributed by atoms with Crippen LogP contribution in [0.1, 0.15) is 5.82 Å². The first-order chi connectivity index (χ1) is 11.9. The summed E-state index contributed by atoms with van der Waals surface area (Å²) in [6.07, 6.45) is 4.97. The van der Waals surface area contributed by atoms with Crippen LogP contribution in [0.3, 0.4) is 0 Å². The third kappa shape index (κ3) is 3.14. The molecule has 0 aliphatic heterocycles. The monoisotopic (exact) mass is 317 g/mol. The fourth-order valence-corrected chi connectivity index (χ4v) is 2.37. The normalized spacial score (nSPS) is 10.7. The van der Waals surface area contributed by atoms with Crippen molar-refractivity contribution in [3.05, 3.63) is 67.0 Å². The summed E-state index contributed by atoms with van der Waals surface area (Å²) in [4.78, 5) is 20.3. The minimum Gasteiger partial charge on any atom is -0.363 e. The zero-order chi connectivity index (χ0) is 16.2. The molecule has 0 saturated carbocycles. The van der Waals surface area contributed by atoms with Crippen LogP contribution in [0.4, 0.5) is 17.3 Å². The lowest BCUT2D eigenvalue weighted by Gasteiger charge is -2.07. The quantitative estimate of drug-likeness (QED) is 0.524. The van der Waals surface area contributed by atoms with Gasteiger partial charge in [0.2, 0.25) is 0 Å². The number of imidazole rings is 1. The molecule has 0 atom stereocenters. The predicted molar refractivity (Wildman–Crippen MR) is 93.0 cm³/mol. The first-order valence-corrected chi connectivity index (χ1v) is 7.53. The largest absolute Gasteiger partial charge is 0.363 e. The van der Waals surface area contributed by atoms with Gasteiger partial charge in [-0.15, -0.1) is 0 Å². The fraction of sp³-hybridized carbons (Fsp3) is 0.0588. The summed E-state index contributed by atoms with van der Waals surface area (Å²) in [5.41, 5.74) is 2.90. The lowest BCUT2D eigenvalue weighted by molar-refractivity contribution is 0.992. The maximum Gasteiger partial charge on any atom is 0.135 e. The zero-order valence-electron chi connectivity index (χ0n) is 12.8. The molecular formula is C17H15N7. The average Bonchev–Trinajstić information content (AvgIpc) is 3.04. The van der Waals surface area contributed by atoms with Gasteiger partial charge in [-0.05, 0) is 24.3 Å². The van der Waals surface area contributed by atoms with Crippen LogP contribution in [0.2, 0.25) is 0 Å². The smallest absolute Gasteiger partial charge is 0.135 e. The Hall–Kier alpha value is -3.48. The number of aromatic amines is 1. The number of aromatic nitrogens is 5. The second-order valence-electron chi connectivity index (χ2n) is 5.20. The molecule has 118 valence electrons. The highest BCUT2D eigenvalue weighted by Crippen LogP contribution is 2.16. The van der Waals surface area contributed by atoms with Gasteiger partial charge in [0.25, 0.3) is 0 Å². The van der Waals surface area contributed by atoms with Gasteiger partial charge in [-0.3, -0.25) is 4.98 Å². The molecule has 24 heavy (non-hydrogen) atoms. The van der Waals surface area contributed by atoms with E-state index in [0.717, 1.165) is 28.4 Å². The summed E-state index contributed by atoms with van der Waals surface area (Å²) in [6, 6.07) is 13.6. The second-order valence-corrected chi connectivity index (χ2v) is 5.20. The Morgan fingerprint density at radius 1 is 0.958 bits per heavy atom. The van der Waals surface area contributed by atoms with Gasteiger partial charge >= 0.3 is 0 Å². The van der Waals surface area contributed by atoms with Crippen molar-refractivity contribution < 1.29 is 0 Å². The van der Waals surface area contributed by atoms with E-state index in [1.54, 1.807) is 12.4 Å². The number of fused-ring (bicyclic) bond motifs is 1. The molecule has 0 radical (unpaired) electrons. The molecule has 1 aromatic carbocycles. The van der Waals surface area contributed by atoms with Gasteiger partial charge in [0.1, 0.15) is 23.8 Å². The van der Waals surface area contributed by atoms with Gasteiger partial charge in [-0.1, -0.05) is 12.1 Å². The molecule has 3 N–H and O–H groups in total. The van der Waals surface area contributed by atoms with Crippen molar-refractivity contribution in [2.24, 2.45) is 0 Å². The number of nitrogens with one attached hydrogen (secondary N) is 3. The zero-order valence-corrected chi connectivity index (χ0v) is 12.8. The van der Waals surface area contributed by atoms with E-state index >= 15 is 0 Å². The Balaban J connectivity index is 1.45. The van der Waals surface area contributed by atoms with Crippen LogP contribution in [0.25, 0.3) is 11.0 Å². The molecule has 4 rings (SSSR count). The maximum absolute atomic E-state index is 4.53. The highest BCUT2D eigenvalue weighted by molar-refractivity contribution is 5.74. The second kappa shape index (κ2) is 6.33. The fourth-order valence-electron chi connectivity index (χ4n) is 2.37. The Kier molecular flexibility index (Phi) is 3.73. The van der Waals surface area contributed by atoms with E-state index in [0.29, 0.717) is 12.4 Å². The van der Waals surface area contributed by atoms with Crippen LogP contribution in [0.15, 0.2) is 61.2 Å². The molecule has 0 bridgehead atoms. The minimum absolute atomic E-state index is 0.556. The van der Waals surface area contributed by atoms with E-state index in [1.165, 1.54) is 6.33 Å². The minimum atomic E-state index is 0.556. The number of pyridine rings is 1. The average molecular weight is 317 g/mol. The van der Waals surface area contributed by atoms with E-state index in [9.17, 15) is 0 Å². The van der Waals surface area contributed by atoms with Crippen molar-refractivity contribution in [1.82, 2.24) is 24.9 Å². The number of anilines is 3. The van der Waals surface area contributed by atoms with Gasteiger partial charge in [0, 0.05) is 24.1 Å². The molecule has 7 heteroatoms. The highest BCUT2D eigenvalue weighted by Gasteiger charge is 2.03. The van der Waals surface area contributed by atoms with Crippen molar-refractivity contribution in [2.45, 2.75) is 6.54 Å². The van der Waals surface area contributed by atoms with E-state index in [2.05, 4.69) is 35.6 Å². The number of H-pyrrole nitrogens is 1. The van der Waals surface area contributed by atoms with Crippen molar-refractivity contribution in [3.63, 3.8) is 0 Å². The van der Waals surface area contributed by atoms with Crippen molar-refractivity contribution in [1.29, 1.82) is 0 Å². The van der Waals surface area contributed by atoms with Gasteiger partial charge in [0.15, 0.2) is 0 Å². The first-order valence-electron chi connectivity index (χ1n) is 7.53. The van der Waals surface area contributed by atoms with Crippen LogP contribution in [0, 0.1) is 0 Å². The van der Waals surface area contributed by atoms with Crippen LogP contribution in [-0.4, -0.2) is 24.9 Å². The molecule has 0 spiro atoms. The Morgan fingerprint density at radius 2 is 1.79 bits per heavy atom. The van der Waals surface area contributed by atoms with Crippen LogP contribution in [-0.2, 0) is 6.54 Å². The molecule has 0 aliphatic carbocycles. The molecule has 3 aromatic heterocycles. The van der Waals surface area contributed by atoms with Crippen LogP contribution < -0.4 is 10.6 Å². The standard InChI is InChI=1S/C17H15N7/c1-2-4-14-13(3-1)23-17(24-14)10-19-15-9-16(21-11-20-15)22-12-5-7-18-8-6-12/h1-9,11H,10H2,(H,23,24)(H2,18,19,20,21,22). The summed E-state index contributed by atoms with van der Waals surface area (Å²) >= 11 is 0. The molecule has 0 amide bonds. The van der Waals surface area contributed by atoms with E-state index < -0.39 is 0 Å². The lowest BCUT2D eigenvalue weighted by Crippen LogP contribution is -2.04. The molecule has 0 unspecified atom stereocenters. The molecular weight excluding hydrogens is 302 g/mol. The molecule has 0 aliphatic rings. The summed E-state index contributed by atoms with van der Waals surface area (Å²) in [7, 11) is 0. The molecule has 0 saturated heterocycles. The van der Waals surface area contributed by atoms with E-state index in [1.807, 2.05) is 42.5 Å². The molecule has 0 fully saturated rings. The maximum atomic E-state index is 4.53. The van der Waals surface area contributed by atoms with Gasteiger partial charge in [-0.2, -0.15) is 0 Å². The third-order valence-corrected chi connectivity index (χ3v) is 3.50.